The minimum absolute atomic E-state index is 0.192. The van der Waals surface area contributed by atoms with Gasteiger partial charge in [-0.25, -0.2) is 9.59 Å². The second-order valence-electron chi connectivity index (χ2n) is 12.8. The molecule has 270 valence electrons. The van der Waals surface area contributed by atoms with Crippen molar-refractivity contribution in [1.29, 1.82) is 0 Å². The third-order valence-electron chi connectivity index (χ3n) is 8.38. The lowest BCUT2D eigenvalue weighted by atomic mass is 9.78. The number of carboxylic acids is 2. The maximum absolute atomic E-state index is 10.3. The van der Waals surface area contributed by atoms with Gasteiger partial charge in [0.15, 0.2) is 11.5 Å². The molecule has 0 heterocycles. The lowest BCUT2D eigenvalue weighted by Gasteiger charge is -2.27. The fourth-order valence-electron chi connectivity index (χ4n) is 5.25. The maximum atomic E-state index is 10.3. The van der Waals surface area contributed by atoms with Gasteiger partial charge in [0, 0.05) is 17.6 Å². The van der Waals surface area contributed by atoms with E-state index in [4.69, 9.17) is 14.9 Å². The molecule has 0 bridgehead atoms. The van der Waals surface area contributed by atoms with Gasteiger partial charge in [0.05, 0.1) is 6.61 Å². The van der Waals surface area contributed by atoms with Crippen LogP contribution >= 0.6 is 0 Å². The van der Waals surface area contributed by atoms with E-state index in [1.165, 1.54) is 109 Å². The van der Waals surface area contributed by atoms with E-state index < -0.39 is 11.9 Å². The molecule has 2 rings (SSSR count). The summed E-state index contributed by atoms with van der Waals surface area (Å²) in [6.45, 7) is 13.1. The maximum Gasteiger partial charge on any atom is 0.327 e. The number of benzene rings is 2. The van der Waals surface area contributed by atoms with Crippen LogP contribution in [0.25, 0.3) is 0 Å². The highest BCUT2D eigenvalue weighted by molar-refractivity contribution is 5.79. The molecular weight excluding hydrogens is 604 g/mol. The Morgan fingerprint density at radius 3 is 1.35 bits per heavy atom. The number of ether oxygens (including phenoxy) is 1. The van der Waals surface area contributed by atoms with Gasteiger partial charge in [-0.15, -0.1) is 0 Å². The van der Waals surface area contributed by atoms with Crippen LogP contribution in [-0.4, -0.2) is 39.0 Å². The third-order valence-corrected chi connectivity index (χ3v) is 8.38. The Hall–Kier alpha value is -3.74. The first-order valence-electron chi connectivity index (χ1n) is 18.0. The van der Waals surface area contributed by atoms with Gasteiger partial charge in [-0.05, 0) is 41.8 Å². The number of carbonyl (C=O) groups is 2. The number of unbranched alkanes of at least 4 members (excludes halogenated alkanes) is 17. The van der Waals surface area contributed by atoms with Crippen molar-refractivity contribution in [3.05, 3.63) is 78.9 Å². The quantitative estimate of drug-likeness (QED) is 0.0648. The fourth-order valence-corrected chi connectivity index (χ4v) is 5.25. The summed E-state index contributed by atoms with van der Waals surface area (Å²) < 4.78 is 5.97. The highest BCUT2D eigenvalue weighted by Gasteiger charge is 2.24. The van der Waals surface area contributed by atoms with Gasteiger partial charge in [0.2, 0.25) is 0 Å². The van der Waals surface area contributed by atoms with Crippen LogP contribution in [0.5, 0.6) is 17.2 Å². The molecule has 0 saturated carbocycles. The van der Waals surface area contributed by atoms with Gasteiger partial charge >= 0.3 is 11.9 Å². The predicted octanol–water partition coefficient (Wildman–Crippen LogP) is 11.4. The fraction of sp³-hybridized carbons (Fsp3) is 0.561. The van der Waals surface area contributed by atoms with E-state index >= 15 is 0 Å². The molecule has 48 heavy (non-hydrogen) atoms. The molecule has 2 aromatic rings. The highest BCUT2D eigenvalue weighted by Crippen LogP contribution is 2.37. The van der Waals surface area contributed by atoms with Crippen LogP contribution in [-0.2, 0) is 15.0 Å². The normalized spacial score (nSPS) is 10.6. The Balaban J connectivity index is 0.00000192. The number of phenols is 2. The van der Waals surface area contributed by atoms with Crippen LogP contribution in [0, 0.1) is 0 Å². The van der Waals surface area contributed by atoms with Crippen LogP contribution in [0.3, 0.4) is 0 Å². The molecular formula is C41H64O7. The molecule has 0 atom stereocenters. The molecule has 4 N–H and O–H groups in total. The number of aliphatic carboxylic acids is 2. The molecule has 0 aliphatic heterocycles. The van der Waals surface area contributed by atoms with Gasteiger partial charge in [-0.3, -0.25) is 0 Å². The summed E-state index contributed by atoms with van der Waals surface area (Å²) in [4.78, 5) is 18.5. The molecule has 0 saturated heterocycles. The Morgan fingerprint density at radius 1 is 0.625 bits per heavy atom. The lowest BCUT2D eigenvalue weighted by molar-refractivity contribution is -0.132. The SMILES string of the molecule is C=CC(=O)O.C=CC(=O)O.CCCCCCCCCCCCCCCCCCCCOc1cc(C(C)(C)c2ccc(O)cc2)ccc1O. The molecule has 2 aromatic carbocycles. The third kappa shape index (κ3) is 22.7. The summed E-state index contributed by atoms with van der Waals surface area (Å²) in [6, 6.07) is 13.0. The Bertz CT molecular complexity index is 1120. The minimum atomic E-state index is -0.981. The second kappa shape index (κ2) is 28.3. The Kier molecular flexibility index (Phi) is 26.1. The van der Waals surface area contributed by atoms with Crippen LogP contribution in [0.1, 0.15) is 147 Å². The van der Waals surface area contributed by atoms with Crippen molar-refractivity contribution in [2.45, 2.75) is 142 Å². The van der Waals surface area contributed by atoms with Crippen molar-refractivity contribution in [3.63, 3.8) is 0 Å². The summed E-state index contributed by atoms with van der Waals surface area (Å²) in [7, 11) is 0. The molecule has 0 spiro atoms. The summed E-state index contributed by atoms with van der Waals surface area (Å²) in [5.41, 5.74) is 1.93. The monoisotopic (exact) mass is 668 g/mol. The molecule has 7 heteroatoms. The van der Waals surface area contributed by atoms with Crippen molar-refractivity contribution in [3.8, 4) is 17.2 Å². The van der Waals surface area contributed by atoms with Crippen LogP contribution in [0.15, 0.2) is 67.8 Å². The Labute approximate surface area is 290 Å². The number of carboxylic acid groups (broad SMARTS) is 2. The molecule has 7 nitrogen and oxygen atoms in total. The van der Waals surface area contributed by atoms with Crippen molar-refractivity contribution < 1.29 is 34.8 Å². The summed E-state index contributed by atoms with van der Waals surface area (Å²) in [5.74, 6) is -0.947. The minimum Gasteiger partial charge on any atom is -0.508 e. The number of hydrogen-bond donors (Lipinski definition) is 4. The lowest BCUT2D eigenvalue weighted by Crippen LogP contribution is -2.18. The number of phenolic OH excluding ortho intramolecular Hbond substituents is 2. The molecule has 0 amide bonds. The van der Waals surface area contributed by atoms with E-state index in [1.807, 2.05) is 24.3 Å². The van der Waals surface area contributed by atoms with Crippen LogP contribution in [0.2, 0.25) is 0 Å². The van der Waals surface area contributed by atoms with Crippen LogP contribution in [0.4, 0.5) is 0 Å². The van der Waals surface area contributed by atoms with Gasteiger partial charge in [0.25, 0.3) is 0 Å². The largest absolute Gasteiger partial charge is 0.508 e. The first-order valence-corrected chi connectivity index (χ1v) is 18.0. The molecule has 0 aliphatic rings. The molecule has 0 unspecified atom stereocenters. The zero-order chi connectivity index (χ0) is 36.0. The smallest absolute Gasteiger partial charge is 0.327 e. The predicted molar refractivity (Wildman–Crippen MR) is 198 cm³/mol. The molecule has 0 aromatic heterocycles. The number of hydrogen-bond acceptors (Lipinski definition) is 5. The standard InChI is InChI=1S/C35H56O3.2C3H4O2/c1-4-5-6-7-8-9-10-11-12-13-14-15-16-17-18-19-20-21-28-38-34-29-31(24-27-33(34)37)35(2,3)30-22-25-32(36)26-23-30;2*1-2-3(4)5/h22-27,29,36-37H,4-21,28H2,1-3H3;2*2H,1H2,(H,4,5). The molecule has 0 radical (unpaired) electrons. The van der Waals surface area contributed by atoms with E-state index in [-0.39, 0.29) is 16.9 Å². The summed E-state index contributed by atoms with van der Waals surface area (Å²) in [6.07, 6.45) is 26.3. The zero-order valence-corrected chi connectivity index (χ0v) is 30.1. The second-order valence-corrected chi connectivity index (χ2v) is 12.8. The van der Waals surface area contributed by atoms with Crippen molar-refractivity contribution >= 4 is 11.9 Å². The topological polar surface area (TPSA) is 124 Å². The van der Waals surface area contributed by atoms with E-state index in [0.29, 0.717) is 12.4 Å². The van der Waals surface area contributed by atoms with Crippen molar-refractivity contribution in [2.75, 3.05) is 6.61 Å². The first-order chi connectivity index (χ1) is 23.0. The van der Waals surface area contributed by atoms with Crippen molar-refractivity contribution in [1.82, 2.24) is 0 Å². The van der Waals surface area contributed by atoms with E-state index in [0.717, 1.165) is 29.7 Å². The van der Waals surface area contributed by atoms with Gasteiger partial charge in [0.1, 0.15) is 5.75 Å². The van der Waals surface area contributed by atoms with Crippen molar-refractivity contribution in [2.24, 2.45) is 0 Å². The van der Waals surface area contributed by atoms with E-state index in [9.17, 15) is 19.8 Å². The Morgan fingerprint density at radius 2 is 0.979 bits per heavy atom. The number of aromatic hydroxyl groups is 2. The zero-order valence-electron chi connectivity index (χ0n) is 30.1. The van der Waals surface area contributed by atoms with Gasteiger partial charge in [-0.2, -0.15) is 0 Å². The first kappa shape index (κ1) is 44.3. The summed E-state index contributed by atoms with van der Waals surface area (Å²) in [5, 5.41) is 35.1. The molecule has 0 aliphatic carbocycles. The van der Waals surface area contributed by atoms with Crippen LogP contribution < -0.4 is 4.74 Å². The van der Waals surface area contributed by atoms with E-state index in [1.54, 1.807) is 18.2 Å². The van der Waals surface area contributed by atoms with E-state index in [2.05, 4.69) is 33.9 Å². The summed E-state index contributed by atoms with van der Waals surface area (Å²) >= 11 is 0. The molecule has 0 fully saturated rings. The van der Waals surface area contributed by atoms with Gasteiger partial charge < -0.3 is 25.2 Å². The average Bonchev–Trinajstić information content (AvgIpc) is 3.07. The average molecular weight is 669 g/mol. The number of rotatable bonds is 24. The van der Waals surface area contributed by atoms with Gasteiger partial charge in [-0.1, -0.05) is 161 Å². The highest BCUT2D eigenvalue weighted by atomic mass is 16.5.